The highest BCUT2D eigenvalue weighted by Gasteiger charge is 2.31. The number of para-hydroxylation sites is 1. The van der Waals surface area contributed by atoms with Crippen molar-refractivity contribution in [2.45, 2.75) is 52.2 Å². The molecule has 5 nitrogen and oxygen atoms in total. The first-order chi connectivity index (χ1) is 16.9. The molecular formula is C29H33ClN2O3. The molecule has 0 heterocycles. The normalized spacial score (nSPS) is 12.5. The van der Waals surface area contributed by atoms with Gasteiger partial charge in [-0.05, 0) is 43.5 Å². The minimum atomic E-state index is -0.699. The molecule has 35 heavy (non-hydrogen) atoms. The Bertz CT molecular complexity index is 1100. The molecule has 2 amide bonds. The van der Waals surface area contributed by atoms with Crippen LogP contribution in [0.5, 0.6) is 5.75 Å². The van der Waals surface area contributed by atoms with Gasteiger partial charge in [-0.15, -0.1) is 0 Å². The molecule has 0 fully saturated rings. The van der Waals surface area contributed by atoms with Crippen LogP contribution in [-0.2, 0) is 22.6 Å². The fraction of sp³-hybridized carbons (Fsp3) is 0.310. The molecule has 0 saturated heterocycles. The van der Waals surface area contributed by atoms with Gasteiger partial charge in [0.25, 0.3) is 5.91 Å². The lowest BCUT2D eigenvalue weighted by Gasteiger charge is -2.32. The number of nitrogens with zero attached hydrogens (tertiary/aromatic N) is 1. The van der Waals surface area contributed by atoms with Gasteiger partial charge in [-0.1, -0.05) is 90.8 Å². The summed E-state index contributed by atoms with van der Waals surface area (Å²) in [6.45, 7) is 6.06. The van der Waals surface area contributed by atoms with E-state index in [1.165, 1.54) is 0 Å². The average Bonchev–Trinajstić information content (AvgIpc) is 2.87. The van der Waals surface area contributed by atoms with Gasteiger partial charge in [-0.2, -0.15) is 0 Å². The predicted octanol–water partition coefficient (Wildman–Crippen LogP) is 5.58. The Morgan fingerprint density at radius 3 is 2.26 bits per heavy atom. The first-order valence-electron chi connectivity index (χ1n) is 11.9. The minimum absolute atomic E-state index is 0.00326. The smallest absolute Gasteiger partial charge is 0.261 e. The second kappa shape index (κ2) is 13.0. The Labute approximate surface area is 213 Å². The molecule has 0 aliphatic carbocycles. The van der Waals surface area contributed by atoms with Crippen molar-refractivity contribution in [3.63, 3.8) is 0 Å². The highest BCUT2D eigenvalue weighted by molar-refractivity contribution is 6.32. The van der Waals surface area contributed by atoms with Crippen LogP contribution in [0.15, 0.2) is 78.9 Å². The van der Waals surface area contributed by atoms with Crippen molar-refractivity contribution < 1.29 is 14.3 Å². The van der Waals surface area contributed by atoms with Gasteiger partial charge in [0, 0.05) is 19.0 Å². The zero-order valence-corrected chi connectivity index (χ0v) is 21.3. The summed E-state index contributed by atoms with van der Waals surface area (Å²) >= 11 is 6.21. The molecule has 0 aromatic heterocycles. The van der Waals surface area contributed by atoms with Crippen LogP contribution in [0.3, 0.4) is 0 Å². The maximum Gasteiger partial charge on any atom is 0.261 e. The van der Waals surface area contributed by atoms with Crippen molar-refractivity contribution in [2.75, 3.05) is 6.61 Å². The van der Waals surface area contributed by atoms with Crippen LogP contribution in [0.2, 0.25) is 5.02 Å². The fourth-order valence-corrected chi connectivity index (χ4v) is 3.86. The molecule has 0 aliphatic rings. The van der Waals surface area contributed by atoms with Crippen LogP contribution in [0.1, 0.15) is 37.0 Å². The van der Waals surface area contributed by atoms with Gasteiger partial charge in [0.1, 0.15) is 11.8 Å². The van der Waals surface area contributed by atoms with E-state index in [2.05, 4.69) is 5.32 Å². The van der Waals surface area contributed by atoms with Crippen LogP contribution in [-0.4, -0.2) is 35.4 Å². The SMILES string of the molecule is CC[C@H](C)NC(=O)[C@H](Cc1ccccc1)N(Cc1ccc(C)cc1)C(=O)COc1ccccc1Cl. The molecule has 3 rings (SSSR count). The van der Waals surface area contributed by atoms with Gasteiger partial charge < -0.3 is 15.0 Å². The molecule has 0 unspecified atom stereocenters. The molecule has 0 spiro atoms. The Balaban J connectivity index is 1.91. The molecule has 3 aromatic carbocycles. The molecule has 1 N–H and O–H groups in total. The first kappa shape index (κ1) is 26.3. The van der Waals surface area contributed by atoms with E-state index in [-0.39, 0.29) is 31.0 Å². The molecule has 184 valence electrons. The number of hydrogen-bond donors (Lipinski definition) is 1. The van der Waals surface area contributed by atoms with E-state index in [9.17, 15) is 9.59 Å². The highest BCUT2D eigenvalue weighted by Crippen LogP contribution is 2.23. The summed E-state index contributed by atoms with van der Waals surface area (Å²) in [5.74, 6) is -0.0337. The predicted molar refractivity (Wildman–Crippen MR) is 141 cm³/mol. The van der Waals surface area contributed by atoms with Gasteiger partial charge in [-0.3, -0.25) is 9.59 Å². The second-order valence-electron chi connectivity index (χ2n) is 8.75. The van der Waals surface area contributed by atoms with Crippen LogP contribution in [0.25, 0.3) is 0 Å². The van der Waals surface area contributed by atoms with E-state index in [1.54, 1.807) is 29.2 Å². The molecule has 0 radical (unpaired) electrons. The number of benzene rings is 3. The number of ether oxygens (including phenoxy) is 1. The number of hydrogen-bond acceptors (Lipinski definition) is 3. The molecule has 0 aliphatic heterocycles. The van der Waals surface area contributed by atoms with Gasteiger partial charge in [-0.25, -0.2) is 0 Å². The lowest BCUT2D eigenvalue weighted by molar-refractivity contribution is -0.143. The summed E-state index contributed by atoms with van der Waals surface area (Å²) in [7, 11) is 0. The summed E-state index contributed by atoms with van der Waals surface area (Å²) in [5.41, 5.74) is 3.05. The maximum atomic E-state index is 13.6. The molecular weight excluding hydrogens is 460 g/mol. The van der Waals surface area contributed by atoms with Gasteiger partial charge in [0.15, 0.2) is 6.61 Å². The number of amides is 2. The molecule has 0 saturated carbocycles. The third-order valence-electron chi connectivity index (χ3n) is 5.93. The van der Waals surface area contributed by atoms with Crippen molar-refractivity contribution in [2.24, 2.45) is 0 Å². The number of carbonyl (C=O) groups is 2. The summed E-state index contributed by atoms with van der Waals surface area (Å²) in [6, 6.07) is 24.1. The van der Waals surface area contributed by atoms with Crippen LogP contribution >= 0.6 is 11.6 Å². The van der Waals surface area contributed by atoms with Gasteiger partial charge in [0.05, 0.1) is 5.02 Å². The summed E-state index contributed by atoms with van der Waals surface area (Å²) < 4.78 is 5.76. The minimum Gasteiger partial charge on any atom is -0.482 e. The molecule has 3 aromatic rings. The van der Waals surface area contributed by atoms with Crippen molar-refractivity contribution in [1.82, 2.24) is 10.2 Å². The van der Waals surface area contributed by atoms with Crippen LogP contribution in [0, 0.1) is 6.92 Å². The Morgan fingerprint density at radius 2 is 1.60 bits per heavy atom. The monoisotopic (exact) mass is 492 g/mol. The van der Waals surface area contributed by atoms with Crippen molar-refractivity contribution in [3.05, 3.63) is 101 Å². The third-order valence-corrected chi connectivity index (χ3v) is 6.25. The lowest BCUT2D eigenvalue weighted by Crippen LogP contribution is -2.53. The maximum absolute atomic E-state index is 13.6. The summed E-state index contributed by atoms with van der Waals surface area (Å²) in [4.78, 5) is 28.7. The number of carbonyl (C=O) groups excluding carboxylic acids is 2. The Kier molecular flexibility index (Phi) is 9.74. The third kappa shape index (κ3) is 7.86. The van der Waals surface area contributed by atoms with Gasteiger partial charge >= 0.3 is 0 Å². The van der Waals surface area contributed by atoms with Gasteiger partial charge in [0.2, 0.25) is 5.91 Å². The van der Waals surface area contributed by atoms with E-state index in [1.807, 2.05) is 75.4 Å². The second-order valence-corrected chi connectivity index (χ2v) is 9.16. The molecule has 2 atom stereocenters. The zero-order valence-electron chi connectivity index (χ0n) is 20.5. The summed E-state index contributed by atoms with van der Waals surface area (Å²) in [6.07, 6.45) is 1.19. The first-order valence-corrected chi connectivity index (χ1v) is 12.3. The number of rotatable bonds is 11. The van der Waals surface area contributed by atoms with E-state index >= 15 is 0 Å². The summed E-state index contributed by atoms with van der Waals surface area (Å²) in [5, 5.41) is 3.50. The zero-order chi connectivity index (χ0) is 25.2. The standard InChI is InChI=1S/C29H33ClN2O3/c1-4-22(3)31-29(34)26(18-23-10-6-5-7-11-23)32(19-24-16-14-21(2)15-17-24)28(33)20-35-27-13-9-8-12-25(27)30/h5-17,22,26H,4,18-20H2,1-3H3,(H,31,34)/t22-,26-/m0/s1. The van der Waals surface area contributed by atoms with Crippen molar-refractivity contribution in [1.29, 1.82) is 0 Å². The van der Waals surface area contributed by atoms with Crippen LogP contribution < -0.4 is 10.1 Å². The van der Waals surface area contributed by atoms with Crippen molar-refractivity contribution in [3.8, 4) is 5.75 Å². The van der Waals surface area contributed by atoms with Crippen molar-refractivity contribution >= 4 is 23.4 Å². The topological polar surface area (TPSA) is 58.6 Å². The number of nitrogens with one attached hydrogen (secondary N) is 1. The lowest BCUT2D eigenvalue weighted by atomic mass is 10.0. The largest absolute Gasteiger partial charge is 0.482 e. The van der Waals surface area contributed by atoms with E-state index in [4.69, 9.17) is 16.3 Å². The van der Waals surface area contributed by atoms with E-state index < -0.39 is 6.04 Å². The quantitative estimate of drug-likeness (QED) is 0.380. The molecule has 6 heteroatoms. The Hall–Kier alpha value is -3.31. The number of aryl methyl sites for hydroxylation is 1. The van der Waals surface area contributed by atoms with Crippen LogP contribution in [0.4, 0.5) is 0 Å². The average molecular weight is 493 g/mol. The van der Waals surface area contributed by atoms with E-state index in [0.29, 0.717) is 17.2 Å². The molecule has 0 bridgehead atoms. The Morgan fingerprint density at radius 1 is 0.943 bits per heavy atom. The fourth-order valence-electron chi connectivity index (χ4n) is 3.67. The number of halogens is 1. The van der Waals surface area contributed by atoms with E-state index in [0.717, 1.165) is 23.1 Å². The highest BCUT2D eigenvalue weighted by atomic mass is 35.5.